The third-order valence-electron chi connectivity index (χ3n) is 3.73. The second-order valence-electron chi connectivity index (χ2n) is 5.48. The molecule has 3 aromatic rings. The lowest BCUT2D eigenvalue weighted by Crippen LogP contribution is -1.96. The number of ether oxygens (including phenoxy) is 1. The van der Waals surface area contributed by atoms with Gasteiger partial charge in [-0.05, 0) is 37.3 Å². The van der Waals surface area contributed by atoms with Crippen molar-refractivity contribution in [2.75, 3.05) is 7.11 Å². The smallest absolute Gasteiger partial charge is 0.191 e. The van der Waals surface area contributed by atoms with Gasteiger partial charge in [0.2, 0.25) is 0 Å². The molecule has 4 nitrogen and oxygen atoms in total. The van der Waals surface area contributed by atoms with Crippen LogP contribution in [-0.2, 0) is 12.8 Å². The maximum atomic E-state index is 13.1. The summed E-state index contributed by atoms with van der Waals surface area (Å²) in [6.45, 7) is 2.06. The van der Waals surface area contributed by atoms with Crippen LogP contribution in [-0.4, -0.2) is 21.9 Å². The van der Waals surface area contributed by atoms with E-state index in [4.69, 9.17) is 4.74 Å². The van der Waals surface area contributed by atoms with Crippen LogP contribution in [0, 0.1) is 12.7 Å². The van der Waals surface area contributed by atoms with E-state index in [2.05, 4.69) is 23.2 Å². The molecule has 0 saturated heterocycles. The molecule has 1 aromatic heterocycles. The molecule has 2 aromatic carbocycles. The van der Waals surface area contributed by atoms with Crippen LogP contribution in [0.5, 0.6) is 5.75 Å². The summed E-state index contributed by atoms with van der Waals surface area (Å²) < 4.78 is 20.4. The fourth-order valence-corrected chi connectivity index (χ4v) is 3.34. The van der Waals surface area contributed by atoms with Crippen LogP contribution in [0.2, 0.25) is 0 Å². The van der Waals surface area contributed by atoms with E-state index in [1.54, 1.807) is 31.0 Å². The number of hydrogen-bond donors (Lipinski definition) is 0. The minimum Gasteiger partial charge on any atom is -0.496 e. The first kappa shape index (κ1) is 16.5. The highest BCUT2D eigenvalue weighted by molar-refractivity contribution is 7.98. The van der Waals surface area contributed by atoms with Gasteiger partial charge in [0.15, 0.2) is 11.0 Å². The van der Waals surface area contributed by atoms with Crippen molar-refractivity contribution in [2.24, 2.45) is 7.05 Å². The molecular formula is C18H18FN3OS. The van der Waals surface area contributed by atoms with Gasteiger partial charge in [-0.1, -0.05) is 29.5 Å². The van der Waals surface area contributed by atoms with Crippen molar-refractivity contribution in [3.05, 3.63) is 59.4 Å². The molecule has 1 heterocycles. The molecule has 0 fully saturated rings. The van der Waals surface area contributed by atoms with Gasteiger partial charge in [-0.3, -0.25) is 0 Å². The first-order valence-corrected chi connectivity index (χ1v) is 8.48. The van der Waals surface area contributed by atoms with Crippen LogP contribution in [0.4, 0.5) is 4.39 Å². The molecule has 0 radical (unpaired) electrons. The third kappa shape index (κ3) is 3.43. The molecule has 0 aliphatic carbocycles. The second-order valence-corrected chi connectivity index (χ2v) is 6.42. The van der Waals surface area contributed by atoms with Gasteiger partial charge < -0.3 is 9.30 Å². The number of rotatable bonds is 5. The van der Waals surface area contributed by atoms with E-state index in [0.717, 1.165) is 27.8 Å². The van der Waals surface area contributed by atoms with Crippen LogP contribution in [0.15, 0.2) is 47.6 Å². The quantitative estimate of drug-likeness (QED) is 0.650. The van der Waals surface area contributed by atoms with E-state index in [1.807, 2.05) is 23.7 Å². The average molecular weight is 343 g/mol. The van der Waals surface area contributed by atoms with E-state index >= 15 is 0 Å². The summed E-state index contributed by atoms with van der Waals surface area (Å²) in [6.07, 6.45) is 0. The summed E-state index contributed by atoms with van der Waals surface area (Å²) in [5.74, 6) is 2.06. The Kier molecular flexibility index (Phi) is 4.85. The lowest BCUT2D eigenvalue weighted by atomic mass is 10.1. The molecular weight excluding hydrogens is 325 g/mol. The Bertz CT molecular complexity index is 846. The molecule has 0 aliphatic rings. The Balaban J connectivity index is 1.80. The molecule has 3 rings (SSSR count). The maximum Gasteiger partial charge on any atom is 0.191 e. The summed E-state index contributed by atoms with van der Waals surface area (Å²) in [5.41, 5.74) is 3.15. The molecule has 0 aliphatic heterocycles. The van der Waals surface area contributed by atoms with E-state index in [1.165, 1.54) is 17.7 Å². The van der Waals surface area contributed by atoms with Crippen molar-refractivity contribution in [2.45, 2.75) is 17.8 Å². The van der Waals surface area contributed by atoms with Crippen LogP contribution in [0.1, 0.15) is 11.1 Å². The fraction of sp³-hybridized carbons (Fsp3) is 0.222. The molecule has 0 amide bonds. The van der Waals surface area contributed by atoms with Gasteiger partial charge in [0.1, 0.15) is 11.6 Å². The first-order valence-electron chi connectivity index (χ1n) is 7.50. The Morgan fingerprint density at radius 2 is 1.88 bits per heavy atom. The van der Waals surface area contributed by atoms with Crippen LogP contribution in [0.3, 0.4) is 0 Å². The van der Waals surface area contributed by atoms with Gasteiger partial charge in [0.25, 0.3) is 0 Å². The number of hydrogen-bond acceptors (Lipinski definition) is 4. The van der Waals surface area contributed by atoms with Crippen LogP contribution in [0.25, 0.3) is 11.4 Å². The zero-order chi connectivity index (χ0) is 17.1. The number of thioether (sulfide) groups is 1. The normalized spacial score (nSPS) is 10.8. The Labute approximate surface area is 144 Å². The van der Waals surface area contributed by atoms with Gasteiger partial charge in [-0.15, -0.1) is 10.2 Å². The average Bonchev–Trinajstić information content (AvgIpc) is 2.95. The van der Waals surface area contributed by atoms with E-state index in [0.29, 0.717) is 5.82 Å². The zero-order valence-electron chi connectivity index (χ0n) is 13.8. The summed E-state index contributed by atoms with van der Waals surface area (Å²) in [4.78, 5) is 0. The van der Waals surface area contributed by atoms with Gasteiger partial charge in [0, 0.05) is 23.9 Å². The topological polar surface area (TPSA) is 39.9 Å². The summed E-state index contributed by atoms with van der Waals surface area (Å²) in [6, 6.07) is 12.4. The Morgan fingerprint density at radius 1 is 1.12 bits per heavy atom. The predicted molar refractivity (Wildman–Crippen MR) is 93.7 cm³/mol. The highest BCUT2D eigenvalue weighted by atomic mass is 32.2. The van der Waals surface area contributed by atoms with Crippen molar-refractivity contribution in [1.82, 2.24) is 14.8 Å². The molecule has 0 atom stereocenters. The largest absolute Gasteiger partial charge is 0.496 e. The predicted octanol–water partition coefficient (Wildman–Crippen LogP) is 4.23. The van der Waals surface area contributed by atoms with E-state index < -0.39 is 0 Å². The van der Waals surface area contributed by atoms with Gasteiger partial charge in [-0.2, -0.15) is 0 Å². The molecule has 24 heavy (non-hydrogen) atoms. The standard InChI is InChI=1S/C18H18FN3OS/c1-12-4-9-16(23-3)14(10-12)11-24-18-21-20-17(22(18)2)13-5-7-15(19)8-6-13/h4-10H,11H2,1-3H3. The lowest BCUT2D eigenvalue weighted by molar-refractivity contribution is 0.411. The zero-order valence-corrected chi connectivity index (χ0v) is 14.6. The Morgan fingerprint density at radius 3 is 2.58 bits per heavy atom. The highest BCUT2D eigenvalue weighted by Crippen LogP contribution is 2.29. The molecule has 0 spiro atoms. The lowest BCUT2D eigenvalue weighted by Gasteiger charge is -2.09. The monoisotopic (exact) mass is 343 g/mol. The number of benzene rings is 2. The number of nitrogens with zero attached hydrogens (tertiary/aromatic N) is 3. The van der Waals surface area contributed by atoms with Crippen LogP contribution < -0.4 is 4.74 Å². The summed E-state index contributed by atoms with van der Waals surface area (Å²) in [7, 11) is 3.59. The van der Waals surface area contributed by atoms with E-state index in [9.17, 15) is 4.39 Å². The van der Waals surface area contributed by atoms with Crippen molar-refractivity contribution in [3.63, 3.8) is 0 Å². The van der Waals surface area contributed by atoms with Gasteiger partial charge in [0.05, 0.1) is 7.11 Å². The minimum atomic E-state index is -0.262. The number of aryl methyl sites for hydroxylation is 1. The van der Waals surface area contributed by atoms with Gasteiger partial charge in [-0.25, -0.2) is 4.39 Å². The molecule has 0 unspecified atom stereocenters. The van der Waals surface area contributed by atoms with Gasteiger partial charge >= 0.3 is 0 Å². The number of halogens is 1. The Hall–Kier alpha value is -2.34. The van der Waals surface area contributed by atoms with Crippen molar-refractivity contribution in [3.8, 4) is 17.1 Å². The third-order valence-corrected chi connectivity index (χ3v) is 4.80. The second kappa shape index (κ2) is 7.05. The number of aromatic nitrogens is 3. The highest BCUT2D eigenvalue weighted by Gasteiger charge is 2.12. The van der Waals surface area contributed by atoms with E-state index in [-0.39, 0.29) is 5.82 Å². The summed E-state index contributed by atoms with van der Waals surface area (Å²) >= 11 is 1.59. The van der Waals surface area contributed by atoms with Crippen molar-refractivity contribution in [1.29, 1.82) is 0 Å². The molecule has 124 valence electrons. The first-order chi connectivity index (χ1) is 11.6. The minimum absolute atomic E-state index is 0.262. The fourth-order valence-electron chi connectivity index (χ4n) is 2.45. The molecule has 0 saturated carbocycles. The van der Waals surface area contributed by atoms with Crippen molar-refractivity contribution < 1.29 is 9.13 Å². The molecule has 0 N–H and O–H groups in total. The molecule has 0 bridgehead atoms. The number of methoxy groups -OCH3 is 1. The van der Waals surface area contributed by atoms with Crippen LogP contribution >= 0.6 is 11.8 Å². The summed E-state index contributed by atoms with van der Waals surface area (Å²) in [5, 5.41) is 9.28. The maximum absolute atomic E-state index is 13.1. The molecule has 6 heteroatoms. The SMILES string of the molecule is COc1ccc(C)cc1CSc1nnc(-c2ccc(F)cc2)n1C. The van der Waals surface area contributed by atoms with Crippen molar-refractivity contribution >= 4 is 11.8 Å².